The van der Waals surface area contributed by atoms with E-state index in [-0.39, 0.29) is 6.61 Å². The molecule has 0 amide bonds. The fraction of sp³-hybridized carbons (Fsp3) is 0.905. The van der Waals surface area contributed by atoms with Gasteiger partial charge >= 0.3 is 0 Å². The Kier molecular flexibility index (Phi) is 14.1. The lowest BCUT2D eigenvalue weighted by atomic mass is 10.1. The second-order valence-corrected chi connectivity index (χ2v) is 7.36. The first-order chi connectivity index (χ1) is 12.7. The second-order valence-electron chi connectivity index (χ2n) is 7.36. The number of aliphatic hydroxyl groups excluding tert-OH is 3. The van der Waals surface area contributed by atoms with Crippen LogP contribution in [-0.2, 0) is 9.47 Å². The summed E-state index contributed by atoms with van der Waals surface area (Å²) in [5, 5.41) is 28.5. The summed E-state index contributed by atoms with van der Waals surface area (Å²) >= 11 is 0. The van der Waals surface area contributed by atoms with Crippen LogP contribution in [0.15, 0.2) is 12.2 Å². The van der Waals surface area contributed by atoms with E-state index >= 15 is 0 Å². The zero-order chi connectivity index (χ0) is 19.0. The molecule has 1 aliphatic heterocycles. The number of aliphatic hydroxyl groups is 3. The van der Waals surface area contributed by atoms with Gasteiger partial charge in [0.15, 0.2) is 0 Å². The summed E-state index contributed by atoms with van der Waals surface area (Å²) in [6.07, 6.45) is 15.5. The van der Waals surface area contributed by atoms with Gasteiger partial charge in [0.25, 0.3) is 0 Å². The Labute approximate surface area is 159 Å². The van der Waals surface area contributed by atoms with Crippen LogP contribution in [0.4, 0.5) is 0 Å². The molecule has 1 fully saturated rings. The molecule has 1 aliphatic rings. The van der Waals surface area contributed by atoms with E-state index in [1.807, 2.05) is 6.08 Å². The van der Waals surface area contributed by atoms with Gasteiger partial charge in [0.1, 0.15) is 24.4 Å². The summed E-state index contributed by atoms with van der Waals surface area (Å²) in [6, 6.07) is 0. The van der Waals surface area contributed by atoms with Crippen LogP contribution in [0.3, 0.4) is 0 Å². The zero-order valence-electron chi connectivity index (χ0n) is 16.5. The summed E-state index contributed by atoms with van der Waals surface area (Å²) in [4.78, 5) is 0. The number of hydrogen-bond acceptors (Lipinski definition) is 5. The van der Waals surface area contributed by atoms with Gasteiger partial charge in [0.05, 0.1) is 19.8 Å². The summed E-state index contributed by atoms with van der Waals surface area (Å²) in [6.45, 7) is 2.38. The molecule has 5 nitrogen and oxygen atoms in total. The molecule has 0 aliphatic carbocycles. The van der Waals surface area contributed by atoms with Crippen molar-refractivity contribution in [2.45, 2.75) is 102 Å². The third-order valence-corrected chi connectivity index (χ3v) is 5.00. The predicted octanol–water partition coefficient (Wildman–Crippen LogP) is 3.35. The maximum atomic E-state index is 9.84. The van der Waals surface area contributed by atoms with Gasteiger partial charge in [-0.2, -0.15) is 0 Å². The van der Waals surface area contributed by atoms with Gasteiger partial charge in [-0.15, -0.1) is 0 Å². The molecule has 0 aromatic rings. The van der Waals surface area contributed by atoms with Gasteiger partial charge in [0, 0.05) is 0 Å². The Bertz CT molecular complexity index is 347. The fourth-order valence-electron chi connectivity index (χ4n) is 3.36. The fourth-order valence-corrected chi connectivity index (χ4v) is 3.36. The van der Waals surface area contributed by atoms with Crippen molar-refractivity contribution < 1.29 is 24.8 Å². The first kappa shape index (κ1) is 23.6. The van der Waals surface area contributed by atoms with E-state index in [2.05, 4.69) is 13.0 Å². The largest absolute Gasteiger partial charge is 0.394 e. The van der Waals surface area contributed by atoms with Gasteiger partial charge in [-0.25, -0.2) is 0 Å². The van der Waals surface area contributed by atoms with E-state index in [1.54, 1.807) is 0 Å². The van der Waals surface area contributed by atoms with E-state index in [0.29, 0.717) is 6.61 Å². The minimum Gasteiger partial charge on any atom is -0.394 e. The van der Waals surface area contributed by atoms with Crippen LogP contribution < -0.4 is 0 Å². The molecule has 0 spiro atoms. The van der Waals surface area contributed by atoms with Crippen LogP contribution in [0.5, 0.6) is 0 Å². The number of rotatable bonds is 16. The normalized spacial score (nSPS) is 24.5. The van der Waals surface area contributed by atoms with Crippen molar-refractivity contribution in [3.63, 3.8) is 0 Å². The SMILES string of the molecule is CCCCCCCCCCCC/C=C/CO[C@@H]1[C@H]([C@@H](O)CO)OC[C@H]1O. The van der Waals surface area contributed by atoms with Crippen LogP contribution in [0.2, 0.25) is 0 Å². The second kappa shape index (κ2) is 15.6. The van der Waals surface area contributed by atoms with Gasteiger partial charge in [-0.05, 0) is 12.8 Å². The molecule has 0 bridgehead atoms. The highest BCUT2D eigenvalue weighted by Crippen LogP contribution is 2.21. The predicted molar refractivity (Wildman–Crippen MR) is 104 cm³/mol. The maximum Gasteiger partial charge on any atom is 0.115 e. The van der Waals surface area contributed by atoms with Crippen molar-refractivity contribution in [1.82, 2.24) is 0 Å². The molecule has 0 unspecified atom stereocenters. The van der Waals surface area contributed by atoms with E-state index < -0.39 is 31.0 Å². The molecule has 1 saturated heterocycles. The van der Waals surface area contributed by atoms with Crippen LogP contribution in [-0.4, -0.2) is 59.6 Å². The lowest BCUT2D eigenvalue weighted by molar-refractivity contribution is -0.0879. The average Bonchev–Trinajstić information content (AvgIpc) is 3.02. The third-order valence-electron chi connectivity index (χ3n) is 5.00. The Hall–Kier alpha value is -0.460. The van der Waals surface area contributed by atoms with Crippen molar-refractivity contribution in [2.75, 3.05) is 19.8 Å². The van der Waals surface area contributed by atoms with Crippen LogP contribution in [0.25, 0.3) is 0 Å². The van der Waals surface area contributed by atoms with Crippen molar-refractivity contribution in [3.8, 4) is 0 Å². The molecular formula is C21H40O5. The van der Waals surface area contributed by atoms with Gasteiger partial charge < -0.3 is 24.8 Å². The number of hydrogen-bond donors (Lipinski definition) is 3. The van der Waals surface area contributed by atoms with Crippen molar-refractivity contribution in [3.05, 3.63) is 12.2 Å². The molecule has 0 saturated carbocycles. The lowest BCUT2D eigenvalue weighted by Crippen LogP contribution is -2.42. The smallest absolute Gasteiger partial charge is 0.115 e. The van der Waals surface area contributed by atoms with E-state index in [0.717, 1.165) is 6.42 Å². The molecule has 3 N–H and O–H groups in total. The summed E-state index contributed by atoms with van der Waals surface area (Å²) in [7, 11) is 0. The highest BCUT2D eigenvalue weighted by atomic mass is 16.6. The minimum atomic E-state index is -1.02. The number of unbranched alkanes of at least 4 members (excludes halogenated alkanes) is 10. The Morgan fingerprint density at radius 1 is 1.00 bits per heavy atom. The molecule has 0 radical (unpaired) electrons. The summed E-state index contributed by atoms with van der Waals surface area (Å²) < 4.78 is 10.9. The summed E-state index contributed by atoms with van der Waals surface area (Å²) in [5.41, 5.74) is 0. The molecule has 0 aromatic carbocycles. The molecule has 1 rings (SSSR count). The number of ether oxygens (including phenoxy) is 2. The van der Waals surface area contributed by atoms with Crippen molar-refractivity contribution in [2.24, 2.45) is 0 Å². The quantitative estimate of drug-likeness (QED) is 0.286. The van der Waals surface area contributed by atoms with Gasteiger partial charge in [-0.3, -0.25) is 0 Å². The zero-order valence-corrected chi connectivity index (χ0v) is 16.5. The monoisotopic (exact) mass is 372 g/mol. The third kappa shape index (κ3) is 10.0. The topological polar surface area (TPSA) is 79.2 Å². The van der Waals surface area contributed by atoms with Crippen LogP contribution >= 0.6 is 0 Å². The van der Waals surface area contributed by atoms with Crippen LogP contribution in [0.1, 0.15) is 77.6 Å². The van der Waals surface area contributed by atoms with E-state index in [1.165, 1.54) is 64.2 Å². The highest BCUT2D eigenvalue weighted by Gasteiger charge is 2.40. The average molecular weight is 373 g/mol. The lowest BCUT2D eigenvalue weighted by Gasteiger charge is -2.23. The minimum absolute atomic E-state index is 0.134. The van der Waals surface area contributed by atoms with E-state index in [4.69, 9.17) is 14.6 Å². The molecule has 26 heavy (non-hydrogen) atoms. The van der Waals surface area contributed by atoms with Crippen LogP contribution in [0, 0.1) is 0 Å². The van der Waals surface area contributed by atoms with Gasteiger partial charge in [-0.1, -0.05) is 76.9 Å². The Morgan fingerprint density at radius 2 is 1.62 bits per heavy atom. The maximum absolute atomic E-state index is 9.84. The molecule has 0 aromatic heterocycles. The standard InChI is InChI=1S/C21H40O5/c1-2-3-4-5-6-7-8-9-10-11-12-13-14-15-25-21-19(24)17-26-20(21)18(23)16-22/h13-14,18-24H,2-12,15-17H2,1H3/b14-13+/t18-,19+,20-,21-/m0/s1. The molecule has 5 heteroatoms. The summed E-state index contributed by atoms with van der Waals surface area (Å²) in [5.74, 6) is 0. The molecule has 154 valence electrons. The Balaban J connectivity index is 1.96. The molecule has 1 heterocycles. The first-order valence-corrected chi connectivity index (χ1v) is 10.6. The van der Waals surface area contributed by atoms with Gasteiger partial charge in [0.2, 0.25) is 0 Å². The van der Waals surface area contributed by atoms with E-state index in [9.17, 15) is 10.2 Å². The van der Waals surface area contributed by atoms with Crippen molar-refractivity contribution >= 4 is 0 Å². The highest BCUT2D eigenvalue weighted by molar-refractivity contribution is 4.91. The number of allylic oxidation sites excluding steroid dienone is 1. The first-order valence-electron chi connectivity index (χ1n) is 10.6. The Morgan fingerprint density at radius 3 is 2.23 bits per heavy atom. The molecule has 4 atom stereocenters. The van der Waals surface area contributed by atoms with Crippen molar-refractivity contribution in [1.29, 1.82) is 0 Å². The molecular weight excluding hydrogens is 332 g/mol.